The monoisotopic (exact) mass is 292 g/mol. The van der Waals surface area contributed by atoms with E-state index in [9.17, 15) is 9.59 Å². The van der Waals surface area contributed by atoms with Gasteiger partial charge in [0.15, 0.2) is 6.10 Å². The summed E-state index contributed by atoms with van der Waals surface area (Å²) in [5, 5.41) is 2.73. The Kier molecular flexibility index (Phi) is 4.67. The van der Waals surface area contributed by atoms with E-state index >= 15 is 0 Å². The minimum Gasteiger partial charge on any atom is -0.497 e. The van der Waals surface area contributed by atoms with Crippen molar-refractivity contribution in [2.24, 2.45) is 0 Å². The van der Waals surface area contributed by atoms with Crippen LogP contribution in [0.25, 0.3) is 0 Å². The van der Waals surface area contributed by atoms with Gasteiger partial charge in [0.05, 0.1) is 7.11 Å². The van der Waals surface area contributed by atoms with Crippen LogP contribution in [0.3, 0.4) is 0 Å². The maximum absolute atomic E-state index is 12.4. The molecule has 1 saturated heterocycles. The smallest absolute Gasteiger partial charge is 0.264 e. The Morgan fingerprint density at radius 2 is 1.95 bits per heavy atom. The van der Waals surface area contributed by atoms with Gasteiger partial charge in [0.25, 0.3) is 5.91 Å². The molecule has 6 nitrogen and oxygen atoms in total. The number of ether oxygens (including phenoxy) is 2. The molecule has 2 amide bonds. The van der Waals surface area contributed by atoms with Gasteiger partial charge in [-0.3, -0.25) is 9.59 Å². The Balaban J connectivity index is 1.99. The topological polar surface area (TPSA) is 67.9 Å². The normalized spacial score (nSPS) is 19.7. The van der Waals surface area contributed by atoms with E-state index in [1.165, 1.54) is 0 Å². The summed E-state index contributed by atoms with van der Waals surface area (Å²) in [5.74, 6) is 0.993. The van der Waals surface area contributed by atoms with Crippen molar-refractivity contribution in [1.29, 1.82) is 0 Å². The molecular formula is C15H20N2O4. The molecule has 0 saturated carbocycles. The minimum absolute atomic E-state index is 0.133. The molecule has 1 aromatic rings. The third-order valence-electron chi connectivity index (χ3n) is 3.50. The van der Waals surface area contributed by atoms with Gasteiger partial charge in [-0.2, -0.15) is 0 Å². The van der Waals surface area contributed by atoms with Crippen LogP contribution in [0.1, 0.15) is 13.8 Å². The number of methoxy groups -OCH3 is 1. The number of amides is 2. The van der Waals surface area contributed by atoms with Crippen LogP contribution >= 0.6 is 0 Å². The first-order chi connectivity index (χ1) is 10.0. The van der Waals surface area contributed by atoms with Crippen LogP contribution in [0.4, 0.5) is 0 Å². The largest absolute Gasteiger partial charge is 0.497 e. The molecule has 0 aromatic heterocycles. The molecule has 1 N–H and O–H groups in total. The first-order valence-corrected chi connectivity index (χ1v) is 6.92. The first-order valence-electron chi connectivity index (χ1n) is 6.92. The molecule has 1 aliphatic heterocycles. The summed E-state index contributed by atoms with van der Waals surface area (Å²) in [6, 6.07) is 6.56. The number of rotatable bonds is 4. The first kappa shape index (κ1) is 15.2. The minimum atomic E-state index is -0.647. The van der Waals surface area contributed by atoms with Crippen molar-refractivity contribution in [3.05, 3.63) is 24.3 Å². The van der Waals surface area contributed by atoms with Crippen LogP contribution in [0, 0.1) is 0 Å². The molecule has 1 aromatic carbocycles. The van der Waals surface area contributed by atoms with E-state index in [0.717, 1.165) is 5.75 Å². The molecule has 1 heterocycles. The molecule has 0 bridgehead atoms. The number of hydrogen-bond donors (Lipinski definition) is 1. The lowest BCUT2D eigenvalue weighted by Crippen LogP contribution is -2.58. The molecule has 2 rings (SSSR count). The molecule has 0 spiro atoms. The van der Waals surface area contributed by atoms with Gasteiger partial charge in [-0.25, -0.2) is 0 Å². The zero-order valence-electron chi connectivity index (χ0n) is 12.5. The van der Waals surface area contributed by atoms with Gasteiger partial charge in [-0.15, -0.1) is 0 Å². The van der Waals surface area contributed by atoms with Crippen molar-refractivity contribution >= 4 is 11.8 Å². The van der Waals surface area contributed by atoms with Crippen LogP contribution in [-0.4, -0.2) is 49.1 Å². The number of carbonyl (C=O) groups is 2. The second-order valence-corrected chi connectivity index (χ2v) is 4.93. The van der Waals surface area contributed by atoms with Crippen molar-refractivity contribution < 1.29 is 19.1 Å². The standard InChI is InChI=1S/C15H20N2O4/c1-10-14(18)16-8-9-17(10)15(19)11(2)21-13-6-4-12(20-3)5-7-13/h4-7,10-11H,8-9H2,1-3H3,(H,16,18). The predicted molar refractivity (Wildman–Crippen MR) is 77.3 cm³/mol. The third kappa shape index (κ3) is 3.45. The fourth-order valence-corrected chi connectivity index (χ4v) is 2.23. The molecule has 114 valence electrons. The number of nitrogens with one attached hydrogen (secondary N) is 1. The van der Waals surface area contributed by atoms with Crippen molar-refractivity contribution in [3.63, 3.8) is 0 Å². The van der Waals surface area contributed by atoms with Crippen molar-refractivity contribution in [2.75, 3.05) is 20.2 Å². The lowest BCUT2D eigenvalue weighted by Gasteiger charge is -2.34. The molecule has 1 fully saturated rings. The van der Waals surface area contributed by atoms with Gasteiger partial charge < -0.3 is 19.7 Å². The van der Waals surface area contributed by atoms with Crippen molar-refractivity contribution in [3.8, 4) is 11.5 Å². The van der Waals surface area contributed by atoms with Gasteiger partial charge >= 0.3 is 0 Å². The highest BCUT2D eigenvalue weighted by molar-refractivity contribution is 5.90. The highest BCUT2D eigenvalue weighted by atomic mass is 16.5. The lowest BCUT2D eigenvalue weighted by atomic mass is 10.2. The fourth-order valence-electron chi connectivity index (χ4n) is 2.23. The maximum Gasteiger partial charge on any atom is 0.264 e. The third-order valence-corrected chi connectivity index (χ3v) is 3.50. The van der Waals surface area contributed by atoms with Crippen molar-refractivity contribution in [1.82, 2.24) is 10.2 Å². The van der Waals surface area contributed by atoms with Crippen LogP contribution in [0.15, 0.2) is 24.3 Å². The molecule has 0 aliphatic carbocycles. The molecular weight excluding hydrogens is 272 g/mol. The average Bonchev–Trinajstić information content (AvgIpc) is 2.50. The summed E-state index contributed by atoms with van der Waals surface area (Å²) in [4.78, 5) is 25.5. The van der Waals surface area contributed by atoms with E-state index in [0.29, 0.717) is 18.8 Å². The summed E-state index contributed by atoms with van der Waals surface area (Å²) in [6.45, 7) is 4.38. The summed E-state index contributed by atoms with van der Waals surface area (Å²) in [5.41, 5.74) is 0. The van der Waals surface area contributed by atoms with E-state index in [4.69, 9.17) is 9.47 Å². The summed E-state index contributed by atoms with van der Waals surface area (Å²) in [6.07, 6.45) is -0.647. The SMILES string of the molecule is COc1ccc(OC(C)C(=O)N2CCNC(=O)C2C)cc1. The molecule has 0 radical (unpaired) electrons. The van der Waals surface area contributed by atoms with Gasteiger partial charge in [0.1, 0.15) is 17.5 Å². The zero-order chi connectivity index (χ0) is 15.4. The highest BCUT2D eigenvalue weighted by Crippen LogP contribution is 2.19. The number of nitrogens with zero attached hydrogens (tertiary/aromatic N) is 1. The second kappa shape index (κ2) is 6.47. The summed E-state index contributed by atoms with van der Waals surface area (Å²) < 4.78 is 10.7. The number of hydrogen-bond acceptors (Lipinski definition) is 4. The molecule has 2 atom stereocenters. The van der Waals surface area contributed by atoms with Crippen LogP contribution < -0.4 is 14.8 Å². The molecule has 2 unspecified atom stereocenters. The number of carbonyl (C=O) groups excluding carboxylic acids is 2. The van der Waals surface area contributed by atoms with Crippen LogP contribution in [-0.2, 0) is 9.59 Å². The van der Waals surface area contributed by atoms with Crippen LogP contribution in [0.2, 0.25) is 0 Å². The Hall–Kier alpha value is -2.24. The van der Waals surface area contributed by atoms with Gasteiger partial charge in [-0.05, 0) is 38.1 Å². The number of benzene rings is 1. The van der Waals surface area contributed by atoms with Crippen molar-refractivity contribution in [2.45, 2.75) is 26.0 Å². The second-order valence-electron chi connectivity index (χ2n) is 4.93. The Labute approximate surface area is 124 Å². The van der Waals surface area contributed by atoms with Gasteiger partial charge in [0.2, 0.25) is 5.91 Å². The quantitative estimate of drug-likeness (QED) is 0.891. The Morgan fingerprint density at radius 1 is 1.33 bits per heavy atom. The van der Waals surface area contributed by atoms with E-state index in [-0.39, 0.29) is 11.8 Å². The van der Waals surface area contributed by atoms with Gasteiger partial charge in [-0.1, -0.05) is 0 Å². The van der Waals surface area contributed by atoms with E-state index < -0.39 is 12.1 Å². The van der Waals surface area contributed by atoms with E-state index in [1.807, 2.05) is 0 Å². The molecule has 21 heavy (non-hydrogen) atoms. The van der Waals surface area contributed by atoms with E-state index in [2.05, 4.69) is 5.32 Å². The Morgan fingerprint density at radius 3 is 2.57 bits per heavy atom. The predicted octanol–water partition coefficient (Wildman–Crippen LogP) is 0.809. The zero-order valence-corrected chi connectivity index (χ0v) is 12.5. The average molecular weight is 292 g/mol. The van der Waals surface area contributed by atoms with Gasteiger partial charge in [0, 0.05) is 13.1 Å². The van der Waals surface area contributed by atoms with E-state index in [1.54, 1.807) is 50.1 Å². The highest BCUT2D eigenvalue weighted by Gasteiger charge is 2.32. The van der Waals surface area contributed by atoms with Crippen LogP contribution in [0.5, 0.6) is 11.5 Å². The fraction of sp³-hybridized carbons (Fsp3) is 0.467. The maximum atomic E-state index is 12.4. The summed E-state index contributed by atoms with van der Waals surface area (Å²) in [7, 11) is 1.59. The summed E-state index contributed by atoms with van der Waals surface area (Å²) >= 11 is 0. The molecule has 6 heteroatoms. The number of piperazine rings is 1. The Bertz CT molecular complexity index is 515. The lowest BCUT2D eigenvalue weighted by molar-refractivity contribution is -0.147. The molecule has 1 aliphatic rings.